The molecule has 0 atom stereocenters. The van der Waals surface area contributed by atoms with Gasteiger partial charge in [-0.05, 0) is 45.8 Å². The molecule has 0 spiro atoms. The van der Waals surface area contributed by atoms with E-state index in [1.807, 2.05) is 24.3 Å². The molecule has 0 bridgehead atoms. The highest BCUT2D eigenvalue weighted by Gasteiger charge is 2.37. The Labute approximate surface area is 106 Å². The second-order valence-electron chi connectivity index (χ2n) is 5.00. The van der Waals surface area contributed by atoms with E-state index in [2.05, 4.69) is 13.1 Å². The highest BCUT2D eigenvalue weighted by molar-refractivity contribution is 7.03. The number of hydrogen-bond donors (Lipinski definition) is 0. The Hall–Kier alpha value is -1.12. The zero-order chi connectivity index (χ0) is 12.2. The standard InChI is InChI=1S/C14H12ClFSi/c1-17(2)13-6-4-10(16)8-12(13)11-5-3-9(15)7-14(11)17/h3-8H,1-2H3. The lowest BCUT2D eigenvalue weighted by molar-refractivity contribution is 0.629. The van der Waals surface area contributed by atoms with Crippen LogP contribution in [0.4, 0.5) is 4.39 Å². The fraction of sp³-hybridized carbons (Fsp3) is 0.143. The Morgan fingerprint density at radius 1 is 0.941 bits per heavy atom. The summed E-state index contributed by atoms with van der Waals surface area (Å²) in [5.41, 5.74) is 2.20. The minimum Gasteiger partial charge on any atom is -0.207 e. The molecule has 3 heteroatoms. The Kier molecular flexibility index (Phi) is 2.22. The van der Waals surface area contributed by atoms with Crippen molar-refractivity contribution in [3.8, 4) is 11.1 Å². The van der Waals surface area contributed by atoms with Crippen LogP contribution in [0.25, 0.3) is 11.1 Å². The topological polar surface area (TPSA) is 0 Å². The smallest absolute Gasteiger partial charge is 0.123 e. The summed E-state index contributed by atoms with van der Waals surface area (Å²) in [6, 6.07) is 11.1. The lowest BCUT2D eigenvalue weighted by Crippen LogP contribution is -2.49. The van der Waals surface area contributed by atoms with Gasteiger partial charge in [-0.3, -0.25) is 0 Å². The summed E-state index contributed by atoms with van der Waals surface area (Å²) in [6.07, 6.45) is 0. The molecule has 0 aliphatic carbocycles. The van der Waals surface area contributed by atoms with Gasteiger partial charge in [0.2, 0.25) is 0 Å². The summed E-state index contributed by atoms with van der Waals surface area (Å²) < 4.78 is 13.4. The lowest BCUT2D eigenvalue weighted by Gasteiger charge is -2.18. The van der Waals surface area contributed by atoms with E-state index in [-0.39, 0.29) is 5.82 Å². The van der Waals surface area contributed by atoms with Crippen molar-refractivity contribution in [3.63, 3.8) is 0 Å². The van der Waals surface area contributed by atoms with Crippen LogP contribution >= 0.6 is 11.6 Å². The van der Waals surface area contributed by atoms with Crippen molar-refractivity contribution < 1.29 is 4.39 Å². The molecule has 1 aliphatic heterocycles. The number of fused-ring (bicyclic) bond motifs is 3. The SMILES string of the molecule is C[Si]1(C)c2ccc(F)cc2-c2ccc(Cl)cc21. The number of rotatable bonds is 0. The summed E-state index contributed by atoms with van der Waals surface area (Å²) >= 11 is 6.07. The highest BCUT2D eigenvalue weighted by Crippen LogP contribution is 2.29. The van der Waals surface area contributed by atoms with Crippen molar-refractivity contribution in [2.75, 3.05) is 0 Å². The number of halogens is 2. The Balaban J connectivity index is 2.38. The average Bonchev–Trinajstić information content (AvgIpc) is 2.48. The van der Waals surface area contributed by atoms with Gasteiger partial charge in [0, 0.05) is 5.02 Å². The van der Waals surface area contributed by atoms with Crippen molar-refractivity contribution in [2.24, 2.45) is 0 Å². The third-order valence-corrected chi connectivity index (χ3v) is 7.38. The van der Waals surface area contributed by atoms with Crippen molar-refractivity contribution in [3.05, 3.63) is 47.2 Å². The van der Waals surface area contributed by atoms with Gasteiger partial charge in [0.25, 0.3) is 0 Å². The molecule has 0 radical (unpaired) electrons. The normalized spacial score (nSPS) is 15.5. The van der Waals surface area contributed by atoms with Gasteiger partial charge in [0.1, 0.15) is 13.9 Å². The largest absolute Gasteiger partial charge is 0.207 e. The van der Waals surface area contributed by atoms with Crippen LogP contribution in [0.15, 0.2) is 36.4 Å². The zero-order valence-corrected chi connectivity index (χ0v) is 11.5. The molecule has 2 aromatic carbocycles. The van der Waals surface area contributed by atoms with E-state index < -0.39 is 8.07 Å². The second-order valence-corrected chi connectivity index (χ2v) is 9.77. The van der Waals surface area contributed by atoms with E-state index in [0.29, 0.717) is 0 Å². The molecule has 0 fully saturated rings. The number of benzene rings is 2. The first-order chi connectivity index (χ1) is 8.00. The zero-order valence-electron chi connectivity index (χ0n) is 9.72. The maximum Gasteiger partial charge on any atom is 0.123 e. The summed E-state index contributed by atoms with van der Waals surface area (Å²) in [5, 5.41) is 3.37. The average molecular weight is 263 g/mol. The van der Waals surface area contributed by atoms with E-state index in [0.717, 1.165) is 16.1 Å². The molecule has 0 aromatic heterocycles. The molecule has 1 aliphatic rings. The Morgan fingerprint density at radius 2 is 1.71 bits per heavy atom. The monoisotopic (exact) mass is 262 g/mol. The van der Waals surface area contributed by atoms with Crippen LogP contribution in [0.2, 0.25) is 18.1 Å². The molecule has 1 heterocycles. The van der Waals surface area contributed by atoms with Crippen LogP contribution in [0.5, 0.6) is 0 Å². The fourth-order valence-electron chi connectivity index (χ4n) is 2.70. The molecule has 2 aromatic rings. The van der Waals surface area contributed by atoms with E-state index in [1.165, 1.54) is 10.4 Å². The number of hydrogen-bond acceptors (Lipinski definition) is 0. The van der Waals surface area contributed by atoms with Crippen molar-refractivity contribution in [2.45, 2.75) is 13.1 Å². The van der Waals surface area contributed by atoms with Gasteiger partial charge in [-0.2, -0.15) is 0 Å². The third kappa shape index (κ3) is 1.48. The highest BCUT2D eigenvalue weighted by atomic mass is 35.5. The van der Waals surface area contributed by atoms with Gasteiger partial charge < -0.3 is 0 Å². The quantitative estimate of drug-likeness (QED) is 0.639. The van der Waals surface area contributed by atoms with Crippen molar-refractivity contribution in [1.29, 1.82) is 0 Å². The maximum absolute atomic E-state index is 13.4. The van der Waals surface area contributed by atoms with Crippen LogP contribution in [0.3, 0.4) is 0 Å². The Morgan fingerprint density at radius 3 is 2.47 bits per heavy atom. The van der Waals surface area contributed by atoms with Gasteiger partial charge >= 0.3 is 0 Å². The minimum absolute atomic E-state index is 0.170. The maximum atomic E-state index is 13.4. The van der Waals surface area contributed by atoms with Gasteiger partial charge in [0.05, 0.1) is 0 Å². The van der Waals surface area contributed by atoms with Gasteiger partial charge in [-0.1, -0.05) is 36.8 Å². The van der Waals surface area contributed by atoms with Gasteiger partial charge in [-0.15, -0.1) is 0 Å². The molecule has 0 amide bonds. The molecule has 0 N–H and O–H groups in total. The third-order valence-electron chi connectivity index (χ3n) is 3.60. The predicted molar refractivity (Wildman–Crippen MR) is 73.6 cm³/mol. The molecule has 3 rings (SSSR count). The molecular formula is C14H12ClFSi. The minimum atomic E-state index is -1.69. The van der Waals surface area contributed by atoms with Crippen LogP contribution in [0, 0.1) is 5.82 Å². The van der Waals surface area contributed by atoms with Gasteiger partial charge in [-0.25, -0.2) is 4.39 Å². The van der Waals surface area contributed by atoms with E-state index in [1.54, 1.807) is 12.1 Å². The molecule has 0 unspecified atom stereocenters. The molecule has 0 nitrogen and oxygen atoms in total. The summed E-state index contributed by atoms with van der Waals surface area (Å²) in [7, 11) is -1.69. The van der Waals surface area contributed by atoms with Crippen LogP contribution in [0.1, 0.15) is 0 Å². The van der Waals surface area contributed by atoms with E-state index in [4.69, 9.17) is 11.6 Å². The first-order valence-corrected chi connectivity index (χ1v) is 8.98. The first-order valence-electron chi connectivity index (χ1n) is 5.60. The van der Waals surface area contributed by atoms with Crippen molar-refractivity contribution in [1.82, 2.24) is 0 Å². The molecular weight excluding hydrogens is 251 g/mol. The van der Waals surface area contributed by atoms with Crippen LogP contribution < -0.4 is 10.4 Å². The van der Waals surface area contributed by atoms with Crippen molar-refractivity contribution >= 4 is 30.0 Å². The summed E-state index contributed by atoms with van der Waals surface area (Å²) in [6.45, 7) is 4.57. The predicted octanol–water partition coefficient (Wildman–Crippen LogP) is 3.28. The lowest BCUT2D eigenvalue weighted by atomic mass is 10.1. The summed E-state index contributed by atoms with van der Waals surface area (Å²) in [4.78, 5) is 0. The van der Waals surface area contributed by atoms with E-state index >= 15 is 0 Å². The van der Waals surface area contributed by atoms with E-state index in [9.17, 15) is 4.39 Å². The first kappa shape index (κ1) is 11.0. The molecule has 17 heavy (non-hydrogen) atoms. The molecule has 86 valence electrons. The van der Waals surface area contributed by atoms with Crippen LogP contribution in [-0.4, -0.2) is 8.07 Å². The van der Waals surface area contributed by atoms with Crippen LogP contribution in [-0.2, 0) is 0 Å². The van der Waals surface area contributed by atoms with Gasteiger partial charge in [0.15, 0.2) is 0 Å². The molecule has 0 saturated carbocycles. The fourth-order valence-corrected chi connectivity index (χ4v) is 6.04. The second kappa shape index (κ2) is 3.44. The molecule has 0 saturated heterocycles. The summed E-state index contributed by atoms with van der Waals surface area (Å²) in [5.74, 6) is -0.170. The Bertz CT molecular complexity index is 620.